The maximum atomic E-state index is 9.99. The van der Waals surface area contributed by atoms with Gasteiger partial charge in [0.05, 0.1) is 0 Å². The molecule has 0 aliphatic carbocycles. The lowest BCUT2D eigenvalue weighted by Crippen LogP contribution is -1.98. The van der Waals surface area contributed by atoms with Gasteiger partial charge in [0.1, 0.15) is 11.5 Å². The fraction of sp³-hybridized carbons (Fsp3) is 0.333. The molecule has 0 bridgehead atoms. The smallest absolute Gasteiger partial charge is 0.119 e. The van der Waals surface area contributed by atoms with Gasteiger partial charge in [-0.15, -0.1) is 0 Å². The molecule has 0 radical (unpaired) electrons. The van der Waals surface area contributed by atoms with Crippen LogP contribution in [0.4, 0.5) is 0 Å². The van der Waals surface area contributed by atoms with Crippen molar-refractivity contribution in [1.29, 1.82) is 0 Å². The largest absolute Gasteiger partial charge is 0.508 e. The van der Waals surface area contributed by atoms with Crippen molar-refractivity contribution in [2.75, 3.05) is 0 Å². The molecule has 0 amide bonds. The number of phenolic OH excluding ortho intramolecular Hbond substituents is 2. The highest BCUT2D eigenvalue weighted by atomic mass is 16.3. The molecule has 2 N–H and O–H groups in total. The summed E-state index contributed by atoms with van der Waals surface area (Å²) in [4.78, 5) is 0. The van der Waals surface area contributed by atoms with E-state index in [0.717, 1.165) is 35.1 Å². The number of rotatable bonds is 4. The van der Waals surface area contributed by atoms with Crippen molar-refractivity contribution < 1.29 is 10.2 Å². The SMILES string of the molecule is CCc1ccc(C(C)c2ccc(O)c(CC)c2)cc1O. The molecule has 2 aromatic rings. The van der Waals surface area contributed by atoms with Crippen molar-refractivity contribution in [3.05, 3.63) is 58.7 Å². The Morgan fingerprint density at radius 3 is 2.00 bits per heavy atom. The van der Waals surface area contributed by atoms with Gasteiger partial charge in [-0.05, 0) is 47.2 Å². The molecule has 0 aliphatic heterocycles. The Labute approximate surface area is 120 Å². The van der Waals surface area contributed by atoms with Crippen molar-refractivity contribution in [2.24, 2.45) is 0 Å². The van der Waals surface area contributed by atoms with Gasteiger partial charge in [-0.1, -0.05) is 45.0 Å². The Morgan fingerprint density at radius 1 is 0.800 bits per heavy atom. The van der Waals surface area contributed by atoms with Crippen molar-refractivity contribution in [1.82, 2.24) is 0 Å². The van der Waals surface area contributed by atoms with E-state index in [9.17, 15) is 10.2 Å². The Hall–Kier alpha value is -1.96. The average Bonchev–Trinajstić information content (AvgIpc) is 2.47. The molecular formula is C18H22O2. The summed E-state index contributed by atoms with van der Waals surface area (Å²) in [5.74, 6) is 0.914. The van der Waals surface area contributed by atoms with E-state index in [2.05, 4.69) is 13.0 Å². The third-order valence-corrected chi connectivity index (χ3v) is 3.97. The number of hydrogen-bond donors (Lipinski definition) is 2. The monoisotopic (exact) mass is 270 g/mol. The lowest BCUT2D eigenvalue weighted by atomic mass is 9.90. The summed E-state index contributed by atoms with van der Waals surface area (Å²) in [7, 11) is 0. The van der Waals surface area contributed by atoms with Crippen LogP contribution in [0.3, 0.4) is 0 Å². The molecule has 0 saturated carbocycles. The molecule has 0 heterocycles. The Balaban J connectivity index is 2.35. The molecule has 20 heavy (non-hydrogen) atoms. The lowest BCUT2D eigenvalue weighted by molar-refractivity contribution is 0.467. The van der Waals surface area contributed by atoms with Crippen molar-refractivity contribution in [3.8, 4) is 11.5 Å². The average molecular weight is 270 g/mol. The van der Waals surface area contributed by atoms with Crippen LogP contribution in [-0.4, -0.2) is 10.2 Å². The Bertz CT molecular complexity index is 602. The first-order valence-electron chi connectivity index (χ1n) is 7.20. The van der Waals surface area contributed by atoms with Gasteiger partial charge in [0.15, 0.2) is 0 Å². The topological polar surface area (TPSA) is 40.5 Å². The van der Waals surface area contributed by atoms with Crippen molar-refractivity contribution in [3.63, 3.8) is 0 Å². The summed E-state index contributed by atoms with van der Waals surface area (Å²) in [5, 5.41) is 19.8. The Kier molecular flexibility index (Phi) is 4.33. The third kappa shape index (κ3) is 2.79. The number of aryl methyl sites for hydroxylation is 2. The van der Waals surface area contributed by atoms with E-state index >= 15 is 0 Å². The summed E-state index contributed by atoms with van der Waals surface area (Å²) >= 11 is 0. The molecule has 0 spiro atoms. The molecule has 1 unspecified atom stereocenters. The summed E-state index contributed by atoms with van der Waals surface area (Å²) in [6.45, 7) is 6.18. The normalized spacial score (nSPS) is 12.3. The minimum absolute atomic E-state index is 0.192. The van der Waals surface area contributed by atoms with Gasteiger partial charge in [0, 0.05) is 5.92 Å². The van der Waals surface area contributed by atoms with Gasteiger partial charge < -0.3 is 10.2 Å². The van der Waals surface area contributed by atoms with E-state index < -0.39 is 0 Å². The highest BCUT2D eigenvalue weighted by Gasteiger charge is 2.12. The zero-order valence-electron chi connectivity index (χ0n) is 12.4. The molecule has 2 heteroatoms. The number of phenols is 2. The summed E-state index contributed by atoms with van der Waals surface area (Å²) in [5.41, 5.74) is 4.18. The van der Waals surface area contributed by atoms with E-state index in [1.165, 1.54) is 0 Å². The fourth-order valence-corrected chi connectivity index (χ4v) is 2.50. The first-order chi connectivity index (χ1) is 9.56. The van der Waals surface area contributed by atoms with E-state index in [1.54, 1.807) is 6.07 Å². The molecule has 0 aromatic heterocycles. The van der Waals surface area contributed by atoms with Gasteiger partial charge in [-0.3, -0.25) is 0 Å². The predicted octanol–water partition coefficient (Wildman–Crippen LogP) is 4.37. The third-order valence-electron chi connectivity index (χ3n) is 3.97. The maximum absolute atomic E-state index is 9.99. The van der Waals surface area contributed by atoms with Crippen LogP contribution in [0.5, 0.6) is 11.5 Å². The van der Waals surface area contributed by atoms with Crippen LogP contribution >= 0.6 is 0 Å². The number of hydrogen-bond acceptors (Lipinski definition) is 2. The molecular weight excluding hydrogens is 248 g/mol. The maximum Gasteiger partial charge on any atom is 0.119 e. The summed E-state index contributed by atoms with van der Waals surface area (Å²) in [6.07, 6.45) is 1.64. The summed E-state index contributed by atoms with van der Waals surface area (Å²) in [6, 6.07) is 11.7. The minimum atomic E-state index is 0.192. The van der Waals surface area contributed by atoms with E-state index in [1.807, 2.05) is 38.1 Å². The summed E-state index contributed by atoms with van der Waals surface area (Å²) < 4.78 is 0. The van der Waals surface area contributed by atoms with Crippen molar-refractivity contribution in [2.45, 2.75) is 39.5 Å². The van der Waals surface area contributed by atoms with E-state index in [4.69, 9.17) is 0 Å². The molecule has 106 valence electrons. The van der Waals surface area contributed by atoms with Gasteiger partial charge >= 0.3 is 0 Å². The van der Waals surface area contributed by atoms with Crippen LogP contribution in [0, 0.1) is 0 Å². The van der Waals surface area contributed by atoms with Crippen LogP contribution in [0.25, 0.3) is 0 Å². The second-order valence-corrected chi connectivity index (χ2v) is 5.21. The molecule has 2 rings (SSSR count). The molecule has 0 fully saturated rings. The molecule has 1 atom stereocenters. The minimum Gasteiger partial charge on any atom is -0.508 e. The van der Waals surface area contributed by atoms with Gasteiger partial charge in [0.25, 0.3) is 0 Å². The van der Waals surface area contributed by atoms with E-state index in [-0.39, 0.29) is 5.92 Å². The first-order valence-corrected chi connectivity index (χ1v) is 7.20. The van der Waals surface area contributed by atoms with Crippen LogP contribution < -0.4 is 0 Å². The predicted molar refractivity (Wildman–Crippen MR) is 82.5 cm³/mol. The lowest BCUT2D eigenvalue weighted by Gasteiger charge is -2.15. The first kappa shape index (κ1) is 14.4. The van der Waals surface area contributed by atoms with Gasteiger partial charge in [0.2, 0.25) is 0 Å². The standard InChI is InChI=1S/C18H22O2/c1-4-13-6-7-16(11-18(13)20)12(3)15-8-9-17(19)14(5-2)10-15/h6-12,19-20H,4-5H2,1-3H3. The van der Waals surface area contributed by atoms with Crippen LogP contribution in [-0.2, 0) is 12.8 Å². The second kappa shape index (κ2) is 6.00. The van der Waals surface area contributed by atoms with Crippen LogP contribution in [0.2, 0.25) is 0 Å². The molecule has 2 nitrogen and oxygen atoms in total. The zero-order valence-corrected chi connectivity index (χ0v) is 12.4. The Morgan fingerprint density at radius 2 is 1.40 bits per heavy atom. The number of benzene rings is 2. The highest BCUT2D eigenvalue weighted by molar-refractivity contribution is 5.44. The zero-order chi connectivity index (χ0) is 14.7. The second-order valence-electron chi connectivity index (χ2n) is 5.21. The van der Waals surface area contributed by atoms with Crippen LogP contribution in [0.15, 0.2) is 36.4 Å². The van der Waals surface area contributed by atoms with E-state index in [0.29, 0.717) is 11.5 Å². The number of aromatic hydroxyl groups is 2. The van der Waals surface area contributed by atoms with Gasteiger partial charge in [-0.2, -0.15) is 0 Å². The fourth-order valence-electron chi connectivity index (χ4n) is 2.50. The highest BCUT2D eigenvalue weighted by Crippen LogP contribution is 2.31. The molecule has 2 aromatic carbocycles. The van der Waals surface area contributed by atoms with Crippen LogP contribution in [0.1, 0.15) is 48.9 Å². The quantitative estimate of drug-likeness (QED) is 0.865. The van der Waals surface area contributed by atoms with Crippen molar-refractivity contribution >= 4 is 0 Å². The molecule has 0 aliphatic rings. The van der Waals surface area contributed by atoms with Gasteiger partial charge in [-0.25, -0.2) is 0 Å². The molecule has 0 saturated heterocycles.